The first-order valence-corrected chi connectivity index (χ1v) is 12.7. The molecule has 2 unspecified atom stereocenters. The zero-order valence-corrected chi connectivity index (χ0v) is 19.4. The van der Waals surface area contributed by atoms with Gasteiger partial charge in [0, 0.05) is 43.1 Å². The minimum absolute atomic E-state index is 0.225. The summed E-state index contributed by atoms with van der Waals surface area (Å²) in [7, 11) is 0. The van der Waals surface area contributed by atoms with Gasteiger partial charge in [0.1, 0.15) is 24.0 Å². The summed E-state index contributed by atoms with van der Waals surface area (Å²) in [5.41, 5.74) is 2.64. The highest BCUT2D eigenvalue weighted by atomic mass is 16.7. The monoisotopic (exact) mass is 464 g/mol. The largest absolute Gasteiger partial charge is 0.492 e. The van der Waals surface area contributed by atoms with Crippen LogP contribution in [0.1, 0.15) is 36.8 Å². The molecule has 5 aliphatic heterocycles. The van der Waals surface area contributed by atoms with Crippen LogP contribution in [-0.2, 0) is 10.2 Å². The molecule has 7 heteroatoms. The van der Waals surface area contributed by atoms with Crippen LogP contribution in [0.15, 0.2) is 36.4 Å². The first kappa shape index (κ1) is 20.9. The predicted octanol–water partition coefficient (Wildman–Crippen LogP) is 3.12. The van der Waals surface area contributed by atoms with E-state index in [1.807, 2.05) is 12.1 Å². The quantitative estimate of drug-likeness (QED) is 0.749. The molecule has 34 heavy (non-hydrogen) atoms. The van der Waals surface area contributed by atoms with Gasteiger partial charge < -0.3 is 33.9 Å². The molecular formula is C27H32N2O5. The molecule has 180 valence electrons. The molecule has 5 heterocycles. The average molecular weight is 465 g/mol. The Kier molecular flexibility index (Phi) is 4.93. The molecule has 7 nitrogen and oxygen atoms in total. The Morgan fingerprint density at radius 3 is 2.47 bits per heavy atom. The lowest BCUT2D eigenvalue weighted by atomic mass is 9.76. The second-order valence-electron chi connectivity index (χ2n) is 10.3. The van der Waals surface area contributed by atoms with E-state index in [1.54, 1.807) is 0 Å². The highest BCUT2D eigenvalue weighted by Crippen LogP contribution is 2.56. The second-order valence-corrected chi connectivity index (χ2v) is 10.3. The van der Waals surface area contributed by atoms with E-state index in [9.17, 15) is 5.11 Å². The minimum atomic E-state index is -0.681. The summed E-state index contributed by atoms with van der Waals surface area (Å²) >= 11 is 0. The summed E-state index contributed by atoms with van der Waals surface area (Å²) in [6, 6.07) is 13.0. The van der Waals surface area contributed by atoms with Crippen molar-refractivity contribution in [3.05, 3.63) is 47.5 Å². The molecule has 0 saturated carbocycles. The van der Waals surface area contributed by atoms with Crippen molar-refractivity contribution >= 4 is 5.69 Å². The van der Waals surface area contributed by atoms with Crippen LogP contribution in [0.3, 0.4) is 0 Å². The number of hydrogen-bond acceptors (Lipinski definition) is 7. The van der Waals surface area contributed by atoms with E-state index in [4.69, 9.17) is 18.9 Å². The molecule has 0 radical (unpaired) electrons. The van der Waals surface area contributed by atoms with Gasteiger partial charge in [-0.3, -0.25) is 0 Å². The Balaban J connectivity index is 1.15. The molecular weight excluding hydrogens is 432 g/mol. The lowest BCUT2D eigenvalue weighted by molar-refractivity contribution is 0.0203. The Hall–Kier alpha value is -2.48. The van der Waals surface area contributed by atoms with Crippen molar-refractivity contribution in [1.82, 2.24) is 4.90 Å². The van der Waals surface area contributed by atoms with Gasteiger partial charge in [-0.25, -0.2) is 0 Å². The van der Waals surface area contributed by atoms with E-state index >= 15 is 0 Å². The van der Waals surface area contributed by atoms with Crippen molar-refractivity contribution in [1.29, 1.82) is 0 Å². The van der Waals surface area contributed by atoms with Crippen molar-refractivity contribution in [2.45, 2.75) is 43.4 Å². The third kappa shape index (κ3) is 3.06. The van der Waals surface area contributed by atoms with Gasteiger partial charge in [-0.15, -0.1) is 0 Å². The number of anilines is 1. The van der Waals surface area contributed by atoms with Gasteiger partial charge in [-0.1, -0.05) is 18.2 Å². The summed E-state index contributed by atoms with van der Waals surface area (Å²) in [5.74, 6) is 2.79. The molecule has 0 aromatic heterocycles. The number of aliphatic hydroxyl groups is 1. The van der Waals surface area contributed by atoms with Crippen LogP contribution in [0.2, 0.25) is 0 Å². The summed E-state index contributed by atoms with van der Waals surface area (Å²) in [6.07, 6.45) is 3.97. The number of likely N-dealkylation sites (tertiary alicyclic amines) is 1. The Bertz CT molecular complexity index is 1080. The van der Waals surface area contributed by atoms with Gasteiger partial charge in [0.2, 0.25) is 6.79 Å². The van der Waals surface area contributed by atoms with Gasteiger partial charge >= 0.3 is 0 Å². The molecule has 2 saturated heterocycles. The van der Waals surface area contributed by atoms with Gasteiger partial charge in [-0.05, 0) is 62.4 Å². The predicted molar refractivity (Wildman–Crippen MR) is 127 cm³/mol. The summed E-state index contributed by atoms with van der Waals surface area (Å²) in [4.78, 5) is 4.89. The zero-order chi connectivity index (χ0) is 22.7. The molecule has 1 spiro atoms. The molecule has 2 atom stereocenters. The SMILES string of the molecule is OC1N(CC2CCN(C3CCOCC3)CC2)c2ccccc2C12COc1cc3c(cc12)OCO3. The van der Waals surface area contributed by atoms with Crippen LogP contribution < -0.4 is 19.1 Å². The van der Waals surface area contributed by atoms with E-state index in [1.165, 1.54) is 12.8 Å². The van der Waals surface area contributed by atoms with E-state index in [2.05, 4.69) is 34.1 Å². The third-order valence-electron chi connectivity index (χ3n) is 8.65. The zero-order valence-electron chi connectivity index (χ0n) is 19.4. The number of para-hydroxylation sites is 1. The number of fused-ring (bicyclic) bond motifs is 5. The van der Waals surface area contributed by atoms with Gasteiger partial charge in [-0.2, -0.15) is 0 Å². The van der Waals surface area contributed by atoms with Crippen molar-refractivity contribution in [2.24, 2.45) is 5.92 Å². The van der Waals surface area contributed by atoms with Gasteiger partial charge in [0.15, 0.2) is 11.5 Å². The molecule has 1 N–H and O–H groups in total. The first-order chi connectivity index (χ1) is 16.7. The molecule has 0 aliphatic carbocycles. The molecule has 2 aromatic rings. The molecule has 0 amide bonds. The van der Waals surface area contributed by atoms with Crippen molar-refractivity contribution in [3.63, 3.8) is 0 Å². The third-order valence-corrected chi connectivity index (χ3v) is 8.65. The van der Waals surface area contributed by atoms with E-state index < -0.39 is 11.6 Å². The minimum Gasteiger partial charge on any atom is -0.492 e. The molecule has 2 aromatic carbocycles. The number of nitrogens with zero attached hydrogens (tertiary/aromatic N) is 2. The summed E-state index contributed by atoms with van der Waals surface area (Å²) < 4.78 is 23.0. The number of aliphatic hydroxyl groups excluding tert-OH is 1. The summed E-state index contributed by atoms with van der Waals surface area (Å²) in [5, 5.41) is 11.9. The lowest BCUT2D eigenvalue weighted by Crippen LogP contribution is -2.50. The Labute approximate surface area is 200 Å². The smallest absolute Gasteiger partial charge is 0.231 e. The van der Waals surface area contributed by atoms with Crippen molar-refractivity contribution in [3.8, 4) is 17.2 Å². The normalized spacial score (nSPS) is 28.9. The fraction of sp³-hybridized carbons (Fsp3) is 0.556. The van der Waals surface area contributed by atoms with Gasteiger partial charge in [0.05, 0.1) is 0 Å². The number of rotatable bonds is 3. The van der Waals surface area contributed by atoms with Crippen LogP contribution in [0.5, 0.6) is 17.2 Å². The number of benzene rings is 2. The Morgan fingerprint density at radius 1 is 0.882 bits per heavy atom. The highest BCUT2D eigenvalue weighted by Gasteiger charge is 2.57. The number of hydrogen-bond donors (Lipinski definition) is 1. The van der Waals surface area contributed by atoms with Crippen LogP contribution in [0, 0.1) is 5.92 Å². The molecule has 7 rings (SSSR count). The molecule has 5 aliphatic rings. The maximum absolute atomic E-state index is 11.9. The fourth-order valence-corrected chi connectivity index (χ4v) is 6.76. The Morgan fingerprint density at radius 2 is 1.65 bits per heavy atom. The fourth-order valence-electron chi connectivity index (χ4n) is 6.76. The van der Waals surface area contributed by atoms with E-state index in [0.29, 0.717) is 24.3 Å². The van der Waals surface area contributed by atoms with Crippen LogP contribution in [0.4, 0.5) is 5.69 Å². The molecule has 2 fully saturated rings. The number of ether oxygens (including phenoxy) is 4. The van der Waals surface area contributed by atoms with Crippen LogP contribution in [0.25, 0.3) is 0 Å². The second kappa shape index (κ2) is 8.04. The van der Waals surface area contributed by atoms with Crippen molar-refractivity contribution < 1.29 is 24.1 Å². The van der Waals surface area contributed by atoms with E-state index in [-0.39, 0.29) is 6.79 Å². The average Bonchev–Trinajstić information content (AvgIpc) is 3.56. The summed E-state index contributed by atoms with van der Waals surface area (Å²) in [6.45, 7) is 5.58. The van der Waals surface area contributed by atoms with Crippen LogP contribution >= 0.6 is 0 Å². The topological polar surface area (TPSA) is 63.6 Å². The number of piperidine rings is 1. The lowest BCUT2D eigenvalue weighted by Gasteiger charge is -2.41. The molecule has 0 bridgehead atoms. The standard InChI is InChI=1S/C27H32N2O5/c30-26-27(16-32-23-14-25-24(13-21(23)27)33-17-34-25)20-3-1-2-4-22(20)29(26)15-18-5-9-28(10-6-18)19-7-11-31-12-8-19/h1-4,13-14,18-19,26,30H,5-12,15-17H2. The van der Waals surface area contributed by atoms with Crippen LogP contribution in [-0.4, -0.2) is 68.5 Å². The van der Waals surface area contributed by atoms with Gasteiger partial charge in [0.25, 0.3) is 0 Å². The van der Waals surface area contributed by atoms with Crippen molar-refractivity contribution in [2.75, 3.05) is 51.1 Å². The first-order valence-electron chi connectivity index (χ1n) is 12.7. The van der Waals surface area contributed by atoms with E-state index in [0.717, 1.165) is 74.0 Å². The maximum atomic E-state index is 11.9. The maximum Gasteiger partial charge on any atom is 0.231 e. The highest BCUT2D eigenvalue weighted by molar-refractivity contribution is 5.71.